The molecular formula is C21H13BrCl2N2O2S. The van der Waals surface area contributed by atoms with Gasteiger partial charge in [0.2, 0.25) is 0 Å². The van der Waals surface area contributed by atoms with Crippen molar-refractivity contribution in [1.82, 2.24) is 8.96 Å². The Bertz CT molecular complexity index is 1360. The summed E-state index contributed by atoms with van der Waals surface area (Å²) in [4.78, 5) is 4.43. The molecule has 4 nitrogen and oxygen atoms in total. The van der Waals surface area contributed by atoms with E-state index in [2.05, 4.69) is 20.9 Å². The van der Waals surface area contributed by atoms with Gasteiger partial charge >= 0.3 is 0 Å². The van der Waals surface area contributed by atoms with Gasteiger partial charge in [0.05, 0.1) is 16.1 Å². The highest BCUT2D eigenvalue weighted by atomic mass is 79.9. The van der Waals surface area contributed by atoms with E-state index in [1.807, 2.05) is 24.3 Å². The van der Waals surface area contributed by atoms with Crippen molar-refractivity contribution in [2.75, 3.05) is 0 Å². The maximum atomic E-state index is 13.5. The third-order valence-corrected chi connectivity index (χ3v) is 7.16. The molecule has 0 saturated carbocycles. The molecule has 0 saturated heterocycles. The maximum absolute atomic E-state index is 13.5. The maximum Gasteiger partial charge on any atom is 0.271 e. The molecule has 0 atom stereocenters. The van der Waals surface area contributed by atoms with E-state index in [4.69, 9.17) is 23.2 Å². The highest BCUT2D eigenvalue weighted by molar-refractivity contribution is 9.10. The largest absolute Gasteiger partial charge is 0.271 e. The predicted octanol–water partition coefficient (Wildman–Crippen LogP) is 6.51. The second-order valence-electron chi connectivity index (χ2n) is 6.19. The molecule has 1 aromatic heterocycles. The predicted molar refractivity (Wildman–Crippen MR) is 122 cm³/mol. The monoisotopic (exact) mass is 506 g/mol. The molecule has 146 valence electrons. The average Bonchev–Trinajstić information content (AvgIpc) is 3.07. The number of rotatable bonds is 4. The van der Waals surface area contributed by atoms with Crippen LogP contribution in [0.1, 0.15) is 11.4 Å². The smallest absolute Gasteiger partial charge is 0.228 e. The third-order valence-electron chi connectivity index (χ3n) is 4.23. The molecule has 0 fully saturated rings. The second kappa shape index (κ2) is 7.95. The summed E-state index contributed by atoms with van der Waals surface area (Å²) in [6, 6.07) is 19.0. The third kappa shape index (κ3) is 3.98. The quantitative estimate of drug-likeness (QED) is 0.316. The molecule has 0 aliphatic rings. The molecule has 8 heteroatoms. The molecule has 0 radical (unpaired) electrons. The summed E-state index contributed by atoms with van der Waals surface area (Å²) in [5.41, 5.74) is 1.91. The Balaban J connectivity index is 1.94. The van der Waals surface area contributed by atoms with Crippen LogP contribution in [0.5, 0.6) is 0 Å². The van der Waals surface area contributed by atoms with Gasteiger partial charge in [-0.15, -0.1) is 0 Å². The summed E-state index contributed by atoms with van der Waals surface area (Å²) in [5, 5.41) is 0.373. The summed E-state index contributed by atoms with van der Waals surface area (Å²) < 4.78 is 29.1. The van der Waals surface area contributed by atoms with Crippen molar-refractivity contribution < 1.29 is 8.42 Å². The average molecular weight is 508 g/mol. The summed E-state index contributed by atoms with van der Waals surface area (Å²) in [5.74, 6) is 0.266. The van der Waals surface area contributed by atoms with E-state index >= 15 is 0 Å². The van der Waals surface area contributed by atoms with Gasteiger partial charge in [-0.25, -0.2) is 17.4 Å². The van der Waals surface area contributed by atoms with Gasteiger partial charge < -0.3 is 0 Å². The van der Waals surface area contributed by atoms with Crippen molar-refractivity contribution in [1.29, 1.82) is 0 Å². The number of para-hydroxylation sites is 2. The molecule has 4 rings (SSSR count). The Morgan fingerprint density at radius 3 is 2.52 bits per heavy atom. The molecule has 0 bridgehead atoms. The van der Waals surface area contributed by atoms with E-state index < -0.39 is 10.0 Å². The first-order valence-electron chi connectivity index (χ1n) is 8.48. The van der Waals surface area contributed by atoms with Crippen LogP contribution in [0.4, 0.5) is 0 Å². The van der Waals surface area contributed by atoms with Gasteiger partial charge in [-0.2, -0.15) is 0 Å². The van der Waals surface area contributed by atoms with Gasteiger partial charge in [-0.1, -0.05) is 69.5 Å². The zero-order valence-corrected chi connectivity index (χ0v) is 18.7. The first-order chi connectivity index (χ1) is 13.9. The minimum atomic E-state index is -4.04. The lowest BCUT2D eigenvalue weighted by molar-refractivity contribution is 0.588. The molecule has 0 amide bonds. The molecule has 1 heterocycles. The van der Waals surface area contributed by atoms with Crippen LogP contribution < -0.4 is 0 Å². The van der Waals surface area contributed by atoms with Gasteiger partial charge in [0.25, 0.3) is 10.0 Å². The van der Waals surface area contributed by atoms with Crippen LogP contribution in [-0.4, -0.2) is 17.4 Å². The van der Waals surface area contributed by atoms with Crippen LogP contribution in [0.2, 0.25) is 10.0 Å². The first-order valence-corrected chi connectivity index (χ1v) is 11.5. The number of fused-ring (bicyclic) bond motifs is 1. The van der Waals surface area contributed by atoms with E-state index in [0.29, 0.717) is 11.0 Å². The summed E-state index contributed by atoms with van der Waals surface area (Å²) >= 11 is 15.7. The van der Waals surface area contributed by atoms with Crippen molar-refractivity contribution in [3.05, 3.63) is 92.6 Å². The van der Waals surface area contributed by atoms with Crippen molar-refractivity contribution >= 4 is 72.3 Å². The fourth-order valence-electron chi connectivity index (χ4n) is 2.93. The van der Waals surface area contributed by atoms with Gasteiger partial charge in [0.15, 0.2) is 0 Å². The Labute approximate surface area is 186 Å². The van der Waals surface area contributed by atoms with Crippen molar-refractivity contribution in [2.45, 2.75) is 4.90 Å². The zero-order valence-electron chi connectivity index (χ0n) is 14.8. The first kappa shape index (κ1) is 20.2. The molecule has 0 unspecified atom stereocenters. The molecule has 0 aliphatic carbocycles. The molecular weight excluding hydrogens is 495 g/mol. The fraction of sp³-hybridized carbons (Fsp3) is 0. The molecule has 0 aliphatic heterocycles. The van der Waals surface area contributed by atoms with Crippen LogP contribution in [0, 0.1) is 0 Å². The van der Waals surface area contributed by atoms with Crippen molar-refractivity contribution in [3.8, 4) is 0 Å². The number of nitrogens with zero attached hydrogens (tertiary/aromatic N) is 2. The molecule has 0 spiro atoms. The minimum Gasteiger partial charge on any atom is -0.228 e. The second-order valence-corrected chi connectivity index (χ2v) is 9.71. The lowest BCUT2D eigenvalue weighted by atomic mass is 10.2. The number of imidazole rings is 1. The molecule has 0 N–H and O–H groups in total. The highest BCUT2D eigenvalue weighted by Crippen LogP contribution is 2.30. The normalized spacial score (nSPS) is 12.1. The van der Waals surface area contributed by atoms with Gasteiger partial charge in [0, 0.05) is 9.50 Å². The van der Waals surface area contributed by atoms with Gasteiger partial charge in [-0.3, -0.25) is 0 Å². The van der Waals surface area contributed by atoms with E-state index in [0.717, 1.165) is 10.0 Å². The van der Waals surface area contributed by atoms with Crippen LogP contribution in [0.25, 0.3) is 23.2 Å². The minimum absolute atomic E-state index is 0.0769. The number of benzene rings is 3. The number of halogens is 3. The molecule has 4 aromatic rings. The zero-order chi connectivity index (χ0) is 20.6. The SMILES string of the molecule is O=S(=O)(c1cc(Cl)ccc1Cl)n1c(C=Cc2cccc(Br)c2)nc2ccccc21. The number of hydrogen-bond acceptors (Lipinski definition) is 3. The molecule has 3 aromatic carbocycles. The lowest BCUT2D eigenvalue weighted by Gasteiger charge is -2.11. The van der Waals surface area contributed by atoms with E-state index in [1.165, 1.54) is 16.1 Å². The fourth-order valence-corrected chi connectivity index (χ4v) is 5.55. The van der Waals surface area contributed by atoms with Crippen molar-refractivity contribution in [3.63, 3.8) is 0 Å². The van der Waals surface area contributed by atoms with Crippen LogP contribution in [-0.2, 0) is 10.0 Å². The summed E-state index contributed by atoms with van der Waals surface area (Å²) in [6.45, 7) is 0. The van der Waals surface area contributed by atoms with E-state index in [9.17, 15) is 8.42 Å². The Morgan fingerprint density at radius 2 is 1.72 bits per heavy atom. The number of hydrogen-bond donors (Lipinski definition) is 0. The van der Waals surface area contributed by atoms with Crippen molar-refractivity contribution in [2.24, 2.45) is 0 Å². The Hall–Kier alpha value is -2.12. The standard InChI is InChI=1S/C21H13BrCl2N2O2S/c22-15-5-3-4-14(12-15)8-11-21-25-18-6-1-2-7-19(18)26(21)29(27,28)20-13-16(23)9-10-17(20)24/h1-13H. The summed E-state index contributed by atoms with van der Waals surface area (Å²) in [6.07, 6.45) is 3.47. The number of aromatic nitrogens is 2. The van der Waals surface area contributed by atoms with Gasteiger partial charge in [-0.05, 0) is 54.1 Å². The van der Waals surface area contributed by atoms with Gasteiger partial charge in [0.1, 0.15) is 10.7 Å². The van der Waals surface area contributed by atoms with Crippen LogP contribution in [0.15, 0.2) is 76.1 Å². The Morgan fingerprint density at radius 1 is 0.931 bits per heavy atom. The summed E-state index contributed by atoms with van der Waals surface area (Å²) in [7, 11) is -4.04. The van der Waals surface area contributed by atoms with Crippen LogP contribution >= 0.6 is 39.1 Å². The molecule has 29 heavy (non-hydrogen) atoms. The Kier molecular flexibility index (Phi) is 5.53. The highest BCUT2D eigenvalue weighted by Gasteiger charge is 2.25. The van der Waals surface area contributed by atoms with E-state index in [1.54, 1.807) is 42.5 Å². The topological polar surface area (TPSA) is 52.0 Å². The van der Waals surface area contributed by atoms with E-state index in [-0.39, 0.29) is 20.8 Å². The van der Waals surface area contributed by atoms with Crippen LogP contribution in [0.3, 0.4) is 0 Å². The lowest BCUT2D eigenvalue weighted by Crippen LogP contribution is -2.15.